The summed E-state index contributed by atoms with van der Waals surface area (Å²) in [6.07, 6.45) is 4.71. The summed E-state index contributed by atoms with van der Waals surface area (Å²) in [6, 6.07) is 0.170. The van der Waals surface area contributed by atoms with E-state index in [9.17, 15) is 13.2 Å². The monoisotopic (exact) mass is 289 g/mol. The summed E-state index contributed by atoms with van der Waals surface area (Å²) in [6.45, 7) is 2.55. The van der Waals surface area contributed by atoms with Gasteiger partial charge in [0, 0.05) is 12.6 Å². The maximum atomic E-state index is 12.8. The number of methoxy groups -OCH3 is 1. The highest BCUT2D eigenvalue weighted by molar-refractivity contribution is 7.89. The topological polar surface area (TPSA) is 63.7 Å². The van der Waals surface area contributed by atoms with Crippen LogP contribution in [-0.2, 0) is 19.6 Å². The fourth-order valence-corrected chi connectivity index (χ4v) is 5.52. The molecule has 0 heterocycles. The average Bonchev–Trinajstić information content (AvgIpc) is 3.09. The van der Waals surface area contributed by atoms with Crippen molar-refractivity contribution in [3.8, 4) is 0 Å². The van der Waals surface area contributed by atoms with Gasteiger partial charge in [0.25, 0.3) is 0 Å². The quantitative estimate of drug-likeness (QED) is 0.696. The second-order valence-electron chi connectivity index (χ2n) is 5.49. The Balaban J connectivity index is 2.19. The van der Waals surface area contributed by atoms with Crippen LogP contribution in [0.15, 0.2) is 0 Å². The summed E-state index contributed by atoms with van der Waals surface area (Å²) in [5.41, 5.74) is 0. The minimum absolute atomic E-state index is 0.170. The Bertz CT molecular complexity index is 430. The highest BCUT2D eigenvalue weighted by Gasteiger charge is 2.47. The molecule has 0 amide bonds. The van der Waals surface area contributed by atoms with Gasteiger partial charge in [0.15, 0.2) is 0 Å². The number of hydrogen-bond acceptors (Lipinski definition) is 4. The molecule has 2 rings (SSSR count). The molecule has 110 valence electrons. The van der Waals surface area contributed by atoms with Crippen LogP contribution in [0.3, 0.4) is 0 Å². The van der Waals surface area contributed by atoms with Crippen molar-refractivity contribution in [3.05, 3.63) is 0 Å². The lowest BCUT2D eigenvalue weighted by molar-refractivity contribution is -0.145. The molecule has 0 N–H and O–H groups in total. The Hall–Kier alpha value is -0.620. The summed E-state index contributed by atoms with van der Waals surface area (Å²) in [5, 5.41) is -0.577. The van der Waals surface area contributed by atoms with E-state index in [-0.39, 0.29) is 12.0 Å². The smallest absolute Gasteiger partial charge is 0.310 e. The first kappa shape index (κ1) is 14.8. The highest BCUT2D eigenvalue weighted by Crippen LogP contribution is 2.38. The number of ether oxygens (including phenoxy) is 1. The molecule has 2 saturated carbocycles. The average molecular weight is 289 g/mol. The van der Waals surface area contributed by atoms with Gasteiger partial charge in [-0.05, 0) is 32.1 Å². The molecule has 2 fully saturated rings. The molecule has 0 bridgehead atoms. The molecule has 2 unspecified atom stereocenters. The zero-order valence-corrected chi connectivity index (χ0v) is 12.5. The molecule has 2 aliphatic rings. The van der Waals surface area contributed by atoms with E-state index in [4.69, 9.17) is 4.74 Å². The van der Waals surface area contributed by atoms with Crippen LogP contribution >= 0.6 is 0 Å². The number of carbonyl (C=O) groups excluding carboxylic acids is 1. The first-order valence-corrected chi connectivity index (χ1v) is 8.61. The van der Waals surface area contributed by atoms with E-state index < -0.39 is 21.2 Å². The van der Waals surface area contributed by atoms with Gasteiger partial charge in [0.1, 0.15) is 0 Å². The molecule has 0 aromatic rings. The van der Waals surface area contributed by atoms with Crippen molar-refractivity contribution < 1.29 is 17.9 Å². The number of sulfonamides is 1. The fourth-order valence-electron chi connectivity index (χ4n) is 2.98. The first-order valence-electron chi connectivity index (χ1n) is 7.10. The standard InChI is InChI=1S/C13H23NO4S/c1-3-9-14(10-7-8-10)19(16,17)12-6-4-5-11(12)13(15)18-2/h10-12H,3-9H2,1-2H3. The van der Waals surface area contributed by atoms with Gasteiger partial charge in [-0.1, -0.05) is 13.3 Å². The SMILES string of the molecule is CCCN(C1CC1)S(=O)(=O)C1CCCC1C(=O)OC. The van der Waals surface area contributed by atoms with Gasteiger partial charge in [-0.3, -0.25) is 4.79 Å². The Kier molecular flexibility index (Phi) is 4.50. The lowest BCUT2D eigenvalue weighted by Crippen LogP contribution is -2.44. The van der Waals surface area contributed by atoms with Crippen molar-refractivity contribution in [1.29, 1.82) is 0 Å². The molecular weight excluding hydrogens is 266 g/mol. The van der Waals surface area contributed by atoms with E-state index in [1.54, 1.807) is 4.31 Å². The van der Waals surface area contributed by atoms with Gasteiger partial charge in [-0.2, -0.15) is 4.31 Å². The zero-order chi connectivity index (χ0) is 14.0. The van der Waals surface area contributed by atoms with E-state index in [0.717, 1.165) is 25.7 Å². The Labute approximate surface area is 115 Å². The van der Waals surface area contributed by atoms with Crippen LogP contribution in [-0.4, -0.2) is 43.6 Å². The molecule has 0 aliphatic heterocycles. The molecule has 0 aromatic heterocycles. The third kappa shape index (κ3) is 2.94. The van der Waals surface area contributed by atoms with E-state index in [2.05, 4.69) is 0 Å². The van der Waals surface area contributed by atoms with Gasteiger partial charge in [0.2, 0.25) is 10.0 Å². The predicted octanol–water partition coefficient (Wildman–Crippen LogP) is 1.53. The van der Waals surface area contributed by atoms with Crippen LogP contribution < -0.4 is 0 Å². The summed E-state index contributed by atoms with van der Waals surface area (Å²) < 4.78 is 31.9. The van der Waals surface area contributed by atoms with E-state index in [1.165, 1.54) is 7.11 Å². The molecule has 0 aromatic carbocycles. The predicted molar refractivity (Wildman–Crippen MR) is 72.1 cm³/mol. The van der Waals surface area contributed by atoms with Gasteiger partial charge >= 0.3 is 5.97 Å². The lowest BCUT2D eigenvalue weighted by atomic mass is 10.1. The van der Waals surface area contributed by atoms with Crippen molar-refractivity contribution >= 4 is 16.0 Å². The minimum atomic E-state index is -3.37. The summed E-state index contributed by atoms with van der Waals surface area (Å²) >= 11 is 0. The van der Waals surface area contributed by atoms with Crippen molar-refractivity contribution in [2.75, 3.05) is 13.7 Å². The van der Waals surface area contributed by atoms with Gasteiger partial charge in [-0.25, -0.2) is 8.42 Å². The molecule has 5 nitrogen and oxygen atoms in total. The Morgan fingerprint density at radius 2 is 1.95 bits per heavy atom. The van der Waals surface area contributed by atoms with Crippen molar-refractivity contribution in [2.45, 2.75) is 56.7 Å². The molecule has 0 radical (unpaired) electrons. The van der Waals surface area contributed by atoms with Crippen LogP contribution in [0.5, 0.6) is 0 Å². The van der Waals surface area contributed by atoms with Crippen molar-refractivity contribution in [3.63, 3.8) is 0 Å². The van der Waals surface area contributed by atoms with E-state index >= 15 is 0 Å². The molecule has 2 atom stereocenters. The number of nitrogens with zero attached hydrogens (tertiary/aromatic N) is 1. The van der Waals surface area contributed by atoms with Gasteiger partial charge < -0.3 is 4.74 Å². The second kappa shape index (κ2) is 5.79. The molecular formula is C13H23NO4S. The number of esters is 1. The lowest BCUT2D eigenvalue weighted by Gasteiger charge is -2.27. The van der Waals surface area contributed by atoms with Crippen molar-refractivity contribution in [2.24, 2.45) is 5.92 Å². The maximum Gasteiger partial charge on any atom is 0.310 e. The van der Waals surface area contributed by atoms with Crippen LogP contribution in [0.25, 0.3) is 0 Å². The zero-order valence-electron chi connectivity index (χ0n) is 11.7. The molecule has 19 heavy (non-hydrogen) atoms. The minimum Gasteiger partial charge on any atom is -0.469 e. The number of rotatable bonds is 6. The van der Waals surface area contributed by atoms with E-state index in [0.29, 0.717) is 19.4 Å². The summed E-state index contributed by atoms with van der Waals surface area (Å²) in [7, 11) is -2.04. The molecule has 0 saturated heterocycles. The largest absolute Gasteiger partial charge is 0.469 e. The number of carbonyl (C=O) groups is 1. The fraction of sp³-hybridized carbons (Fsp3) is 0.923. The van der Waals surface area contributed by atoms with Crippen LogP contribution in [0.2, 0.25) is 0 Å². The Morgan fingerprint density at radius 3 is 2.47 bits per heavy atom. The third-order valence-corrected chi connectivity index (χ3v) is 6.53. The molecule has 6 heteroatoms. The normalized spacial score (nSPS) is 27.7. The Morgan fingerprint density at radius 1 is 1.26 bits per heavy atom. The van der Waals surface area contributed by atoms with Gasteiger partial charge in [-0.15, -0.1) is 0 Å². The summed E-state index contributed by atoms with van der Waals surface area (Å²) in [5.74, 6) is -0.855. The third-order valence-electron chi connectivity index (χ3n) is 4.06. The molecule has 0 spiro atoms. The maximum absolute atomic E-state index is 12.8. The highest BCUT2D eigenvalue weighted by atomic mass is 32.2. The molecule has 2 aliphatic carbocycles. The van der Waals surface area contributed by atoms with Crippen LogP contribution in [0, 0.1) is 5.92 Å². The van der Waals surface area contributed by atoms with Crippen molar-refractivity contribution in [1.82, 2.24) is 4.31 Å². The summed E-state index contributed by atoms with van der Waals surface area (Å²) in [4.78, 5) is 11.7. The van der Waals surface area contributed by atoms with Crippen LogP contribution in [0.1, 0.15) is 45.4 Å². The van der Waals surface area contributed by atoms with E-state index in [1.807, 2.05) is 6.92 Å². The first-order chi connectivity index (χ1) is 9.02. The van der Waals surface area contributed by atoms with Crippen LogP contribution in [0.4, 0.5) is 0 Å². The number of hydrogen-bond donors (Lipinski definition) is 0. The van der Waals surface area contributed by atoms with Gasteiger partial charge in [0.05, 0.1) is 18.3 Å². The second-order valence-corrected chi connectivity index (χ2v) is 7.59.